The second-order valence-electron chi connectivity index (χ2n) is 7.37. The van der Waals surface area contributed by atoms with Crippen LogP contribution >= 0.6 is 0 Å². The maximum atomic E-state index is 5.06. The number of hydrogen-bond donors (Lipinski definition) is 1. The molecule has 0 amide bonds. The van der Waals surface area contributed by atoms with Gasteiger partial charge in [-0.05, 0) is 55.2 Å². The molecule has 0 fully saturated rings. The van der Waals surface area contributed by atoms with Crippen molar-refractivity contribution in [3.8, 4) is 16.9 Å². The summed E-state index contributed by atoms with van der Waals surface area (Å²) in [5, 5.41) is 11.2. The van der Waals surface area contributed by atoms with Crippen molar-refractivity contribution in [1.82, 2.24) is 9.78 Å². The Bertz CT molecular complexity index is 1110. The van der Waals surface area contributed by atoms with E-state index >= 15 is 0 Å². The Morgan fingerprint density at radius 3 is 2.56 bits per heavy atom. The summed E-state index contributed by atoms with van der Waals surface area (Å²) in [7, 11) is 0. The molecule has 0 radical (unpaired) electrons. The fraction of sp³-hybridized carbons (Fsp3) is 0.208. The van der Waals surface area contributed by atoms with Gasteiger partial charge in [-0.2, -0.15) is 5.10 Å². The van der Waals surface area contributed by atoms with Gasteiger partial charge < -0.3 is 5.32 Å². The van der Waals surface area contributed by atoms with Gasteiger partial charge in [-0.25, -0.2) is 4.68 Å². The molecule has 3 nitrogen and oxygen atoms in total. The van der Waals surface area contributed by atoms with Gasteiger partial charge in [0.05, 0.1) is 11.4 Å². The zero-order valence-electron chi connectivity index (χ0n) is 15.6. The van der Waals surface area contributed by atoms with E-state index in [1.165, 1.54) is 40.3 Å². The molecule has 4 aromatic rings. The summed E-state index contributed by atoms with van der Waals surface area (Å²) in [6, 6.07) is 23.8. The molecule has 1 aliphatic rings. The second kappa shape index (κ2) is 6.58. The van der Waals surface area contributed by atoms with Crippen molar-refractivity contribution in [2.24, 2.45) is 0 Å². The standard InChI is InChI=1S/C24H23N3/c1-17-9-13-21(14-10-17)27-24-22(8-4-5-15-25-24)23(26-27)20-12-11-18-6-2-3-7-19(18)16-20/h2-3,6-7,9-14,16,25H,4-5,8,15H2,1H3. The topological polar surface area (TPSA) is 29.9 Å². The Kier molecular flexibility index (Phi) is 3.93. The zero-order valence-corrected chi connectivity index (χ0v) is 15.6. The van der Waals surface area contributed by atoms with Gasteiger partial charge in [-0.3, -0.25) is 0 Å². The quantitative estimate of drug-likeness (QED) is 0.497. The van der Waals surface area contributed by atoms with Crippen molar-refractivity contribution in [1.29, 1.82) is 0 Å². The third-order valence-electron chi connectivity index (χ3n) is 5.43. The average molecular weight is 353 g/mol. The van der Waals surface area contributed by atoms with Gasteiger partial charge in [0.1, 0.15) is 5.82 Å². The van der Waals surface area contributed by atoms with Crippen molar-refractivity contribution < 1.29 is 0 Å². The second-order valence-corrected chi connectivity index (χ2v) is 7.37. The van der Waals surface area contributed by atoms with Crippen molar-refractivity contribution in [2.45, 2.75) is 26.2 Å². The van der Waals surface area contributed by atoms with Crippen LogP contribution in [0.25, 0.3) is 27.7 Å². The summed E-state index contributed by atoms with van der Waals surface area (Å²) >= 11 is 0. The summed E-state index contributed by atoms with van der Waals surface area (Å²) in [6.07, 6.45) is 3.45. The van der Waals surface area contributed by atoms with Crippen LogP contribution in [0.4, 0.5) is 5.82 Å². The highest BCUT2D eigenvalue weighted by molar-refractivity contribution is 5.87. The first-order valence-electron chi connectivity index (χ1n) is 9.71. The molecule has 3 heteroatoms. The Hall–Kier alpha value is -3.07. The van der Waals surface area contributed by atoms with Gasteiger partial charge in [0.2, 0.25) is 0 Å². The minimum Gasteiger partial charge on any atom is -0.370 e. The fourth-order valence-electron chi connectivity index (χ4n) is 3.94. The molecule has 3 aromatic carbocycles. The predicted octanol–water partition coefficient (Wildman–Crippen LogP) is 5.75. The Labute approximate surface area is 159 Å². The van der Waals surface area contributed by atoms with Crippen LogP contribution in [0.3, 0.4) is 0 Å². The molecular weight excluding hydrogens is 330 g/mol. The van der Waals surface area contributed by atoms with Crippen molar-refractivity contribution in [3.05, 3.63) is 77.9 Å². The highest BCUT2D eigenvalue weighted by Crippen LogP contribution is 2.35. The number of aryl methyl sites for hydroxylation is 1. The van der Waals surface area contributed by atoms with Crippen LogP contribution in [-0.2, 0) is 6.42 Å². The lowest BCUT2D eigenvalue weighted by Gasteiger charge is -2.09. The molecule has 134 valence electrons. The van der Waals surface area contributed by atoms with Crippen LogP contribution < -0.4 is 5.32 Å². The van der Waals surface area contributed by atoms with Crippen LogP contribution in [-0.4, -0.2) is 16.3 Å². The van der Waals surface area contributed by atoms with Crippen LogP contribution in [0.5, 0.6) is 0 Å². The molecule has 0 atom stereocenters. The Morgan fingerprint density at radius 2 is 1.70 bits per heavy atom. The molecule has 27 heavy (non-hydrogen) atoms. The van der Waals surface area contributed by atoms with Gasteiger partial charge in [-0.1, -0.05) is 54.1 Å². The lowest BCUT2D eigenvalue weighted by Crippen LogP contribution is -2.07. The maximum absolute atomic E-state index is 5.06. The molecule has 5 rings (SSSR count). The monoisotopic (exact) mass is 353 g/mol. The van der Waals surface area contributed by atoms with E-state index < -0.39 is 0 Å². The van der Waals surface area contributed by atoms with Gasteiger partial charge in [0, 0.05) is 17.7 Å². The largest absolute Gasteiger partial charge is 0.370 e. The first-order valence-corrected chi connectivity index (χ1v) is 9.71. The van der Waals surface area contributed by atoms with E-state index in [1.807, 2.05) is 0 Å². The molecule has 1 aromatic heterocycles. The Balaban J connectivity index is 1.70. The van der Waals surface area contributed by atoms with Gasteiger partial charge in [0.15, 0.2) is 0 Å². The molecule has 1 N–H and O–H groups in total. The smallest absolute Gasteiger partial charge is 0.133 e. The van der Waals surface area contributed by atoms with E-state index in [-0.39, 0.29) is 0 Å². The highest BCUT2D eigenvalue weighted by Gasteiger charge is 2.21. The van der Waals surface area contributed by atoms with E-state index in [1.54, 1.807) is 0 Å². The number of aromatic nitrogens is 2. The van der Waals surface area contributed by atoms with E-state index in [0.717, 1.165) is 30.2 Å². The number of benzene rings is 3. The van der Waals surface area contributed by atoms with E-state index in [2.05, 4.69) is 83.7 Å². The van der Waals surface area contributed by atoms with Gasteiger partial charge in [0.25, 0.3) is 0 Å². The fourth-order valence-corrected chi connectivity index (χ4v) is 3.94. The van der Waals surface area contributed by atoms with Crippen LogP contribution in [0, 0.1) is 6.92 Å². The molecule has 0 saturated carbocycles. The van der Waals surface area contributed by atoms with Crippen molar-refractivity contribution in [3.63, 3.8) is 0 Å². The highest BCUT2D eigenvalue weighted by atomic mass is 15.3. The predicted molar refractivity (Wildman–Crippen MR) is 113 cm³/mol. The first kappa shape index (κ1) is 16.1. The summed E-state index contributed by atoms with van der Waals surface area (Å²) in [5.74, 6) is 1.15. The molecule has 0 aliphatic carbocycles. The third-order valence-corrected chi connectivity index (χ3v) is 5.43. The lowest BCUT2D eigenvalue weighted by atomic mass is 10.0. The number of fused-ring (bicyclic) bond motifs is 2. The number of anilines is 1. The first-order chi connectivity index (χ1) is 13.3. The summed E-state index contributed by atoms with van der Waals surface area (Å²) in [5.41, 5.74) is 6.01. The van der Waals surface area contributed by atoms with Crippen molar-refractivity contribution >= 4 is 16.6 Å². The van der Waals surface area contributed by atoms with Crippen LogP contribution in [0.1, 0.15) is 24.0 Å². The number of nitrogens with one attached hydrogen (secondary N) is 1. The number of hydrogen-bond acceptors (Lipinski definition) is 2. The van der Waals surface area contributed by atoms with Crippen LogP contribution in [0.15, 0.2) is 66.7 Å². The van der Waals surface area contributed by atoms with E-state index in [4.69, 9.17) is 5.10 Å². The summed E-state index contributed by atoms with van der Waals surface area (Å²) in [6.45, 7) is 3.12. The maximum Gasteiger partial charge on any atom is 0.133 e. The Morgan fingerprint density at radius 1 is 0.889 bits per heavy atom. The average Bonchev–Trinajstić information content (AvgIpc) is 2.89. The van der Waals surface area contributed by atoms with Crippen molar-refractivity contribution in [2.75, 3.05) is 11.9 Å². The van der Waals surface area contributed by atoms with E-state index in [9.17, 15) is 0 Å². The zero-order chi connectivity index (χ0) is 18.2. The van der Waals surface area contributed by atoms with E-state index in [0.29, 0.717) is 0 Å². The number of rotatable bonds is 2. The minimum absolute atomic E-state index is 1.00. The molecule has 0 bridgehead atoms. The van der Waals surface area contributed by atoms with Crippen LogP contribution in [0.2, 0.25) is 0 Å². The van der Waals surface area contributed by atoms with Gasteiger partial charge in [-0.15, -0.1) is 0 Å². The molecule has 0 unspecified atom stereocenters. The summed E-state index contributed by atoms with van der Waals surface area (Å²) < 4.78 is 2.09. The molecule has 1 aliphatic heterocycles. The molecule has 0 saturated heterocycles. The summed E-state index contributed by atoms with van der Waals surface area (Å²) in [4.78, 5) is 0. The SMILES string of the molecule is Cc1ccc(-n2nc(-c3ccc4ccccc4c3)c3c2NCCCC3)cc1. The molecule has 2 heterocycles. The molecule has 0 spiro atoms. The van der Waals surface area contributed by atoms with Gasteiger partial charge >= 0.3 is 0 Å². The minimum atomic E-state index is 1.00. The third kappa shape index (κ3) is 2.89. The molecular formula is C24H23N3. The lowest BCUT2D eigenvalue weighted by molar-refractivity contribution is 0.780. The number of nitrogens with zero attached hydrogens (tertiary/aromatic N) is 2. The normalized spacial score (nSPS) is 13.8.